The molecule has 0 heterocycles. The van der Waals surface area contributed by atoms with Crippen molar-refractivity contribution < 1.29 is 4.79 Å². The Morgan fingerprint density at radius 2 is 2.00 bits per heavy atom. The lowest BCUT2D eigenvalue weighted by Crippen LogP contribution is -2.34. The van der Waals surface area contributed by atoms with E-state index in [2.05, 4.69) is 5.32 Å². The second-order valence-corrected chi connectivity index (χ2v) is 3.69. The third-order valence-corrected chi connectivity index (χ3v) is 2.40. The Labute approximate surface area is 83.3 Å². The van der Waals surface area contributed by atoms with Crippen LogP contribution in [-0.4, -0.2) is 11.9 Å². The maximum atomic E-state index is 11.2. The first-order valence-corrected chi connectivity index (χ1v) is 4.87. The highest BCUT2D eigenvalue weighted by atomic mass is 16.1. The number of carbonyl (C=O) groups excluding carboxylic acids is 1. The van der Waals surface area contributed by atoms with E-state index in [1.165, 1.54) is 0 Å². The van der Waals surface area contributed by atoms with Crippen LogP contribution in [0.2, 0.25) is 0 Å². The Kier molecular flexibility index (Phi) is 2.50. The number of nitrogens with two attached hydrogens (primary N) is 1. The second kappa shape index (κ2) is 3.80. The van der Waals surface area contributed by atoms with Crippen molar-refractivity contribution in [1.29, 1.82) is 0 Å². The van der Waals surface area contributed by atoms with Crippen molar-refractivity contribution in [2.24, 2.45) is 5.73 Å². The molecule has 14 heavy (non-hydrogen) atoms. The van der Waals surface area contributed by atoms with Gasteiger partial charge in [0.05, 0.1) is 0 Å². The van der Waals surface area contributed by atoms with Crippen LogP contribution in [0.25, 0.3) is 0 Å². The Hall–Kier alpha value is -1.35. The number of benzene rings is 1. The molecule has 1 atom stereocenters. The van der Waals surface area contributed by atoms with Crippen LogP contribution in [0.1, 0.15) is 24.4 Å². The first-order valence-electron chi connectivity index (χ1n) is 4.87. The Morgan fingerprint density at radius 3 is 2.50 bits per heavy atom. The number of carbonyl (C=O) groups is 1. The molecular weight excluding hydrogens is 176 g/mol. The molecule has 3 N–H and O–H groups in total. The van der Waals surface area contributed by atoms with Crippen molar-refractivity contribution >= 4 is 5.91 Å². The zero-order chi connectivity index (χ0) is 9.97. The topological polar surface area (TPSA) is 55.1 Å². The van der Waals surface area contributed by atoms with Gasteiger partial charge >= 0.3 is 0 Å². The van der Waals surface area contributed by atoms with Gasteiger partial charge < -0.3 is 5.73 Å². The molecule has 1 aliphatic carbocycles. The Balaban J connectivity index is 2.13. The van der Waals surface area contributed by atoms with Gasteiger partial charge in [-0.15, -0.1) is 0 Å². The predicted molar refractivity (Wildman–Crippen MR) is 54.5 cm³/mol. The molecule has 1 fully saturated rings. The molecular formula is C11H14N2O. The standard InChI is InChI=1S/C11H14N2O/c12-11(14)10(13-9-6-7-9)8-4-2-1-3-5-8/h1-5,9-10,13H,6-7H2,(H2,12,14). The first kappa shape index (κ1) is 9.21. The van der Waals surface area contributed by atoms with Crippen LogP contribution in [-0.2, 0) is 4.79 Å². The van der Waals surface area contributed by atoms with Gasteiger partial charge in [0.25, 0.3) is 0 Å². The lowest BCUT2D eigenvalue weighted by atomic mass is 10.1. The van der Waals surface area contributed by atoms with E-state index in [1.54, 1.807) is 0 Å². The molecule has 0 bridgehead atoms. The number of nitrogens with one attached hydrogen (secondary N) is 1. The molecule has 3 heteroatoms. The highest BCUT2D eigenvalue weighted by molar-refractivity contribution is 5.81. The maximum absolute atomic E-state index is 11.2. The van der Waals surface area contributed by atoms with E-state index < -0.39 is 0 Å². The van der Waals surface area contributed by atoms with Gasteiger partial charge in [-0.1, -0.05) is 30.3 Å². The zero-order valence-corrected chi connectivity index (χ0v) is 7.94. The highest BCUT2D eigenvalue weighted by Crippen LogP contribution is 2.23. The number of amides is 1. The summed E-state index contributed by atoms with van der Waals surface area (Å²) < 4.78 is 0. The highest BCUT2D eigenvalue weighted by Gasteiger charge is 2.27. The van der Waals surface area contributed by atoms with Crippen molar-refractivity contribution in [2.75, 3.05) is 0 Å². The predicted octanol–water partition coefficient (Wildman–Crippen LogP) is 0.965. The number of rotatable bonds is 4. The fraction of sp³-hybridized carbons (Fsp3) is 0.364. The normalized spacial score (nSPS) is 17.7. The summed E-state index contributed by atoms with van der Waals surface area (Å²) in [5.74, 6) is -0.303. The molecule has 1 saturated carbocycles. The molecule has 1 amide bonds. The van der Waals surface area contributed by atoms with Gasteiger partial charge in [0.1, 0.15) is 6.04 Å². The molecule has 0 aliphatic heterocycles. The minimum absolute atomic E-state index is 0.303. The molecule has 1 aromatic carbocycles. The Bertz CT molecular complexity index is 319. The van der Waals surface area contributed by atoms with Crippen molar-refractivity contribution in [3.8, 4) is 0 Å². The van der Waals surface area contributed by atoms with Gasteiger partial charge in [-0.05, 0) is 18.4 Å². The summed E-state index contributed by atoms with van der Waals surface area (Å²) in [5.41, 5.74) is 6.29. The summed E-state index contributed by atoms with van der Waals surface area (Å²) in [6.45, 7) is 0. The van der Waals surface area contributed by atoms with Crippen molar-refractivity contribution in [1.82, 2.24) is 5.32 Å². The summed E-state index contributed by atoms with van der Waals surface area (Å²) in [5, 5.41) is 3.23. The first-order chi connectivity index (χ1) is 6.77. The second-order valence-electron chi connectivity index (χ2n) is 3.69. The van der Waals surface area contributed by atoms with Gasteiger partial charge in [0.2, 0.25) is 5.91 Å². The summed E-state index contributed by atoms with van der Waals surface area (Å²) in [4.78, 5) is 11.2. The molecule has 74 valence electrons. The van der Waals surface area contributed by atoms with Gasteiger partial charge in [0, 0.05) is 6.04 Å². The minimum atomic E-state index is -0.330. The SMILES string of the molecule is NC(=O)C(NC1CC1)c1ccccc1. The molecule has 3 nitrogen and oxygen atoms in total. The van der Waals surface area contributed by atoms with Crippen LogP contribution in [0.15, 0.2) is 30.3 Å². The van der Waals surface area contributed by atoms with E-state index in [0.717, 1.165) is 18.4 Å². The molecule has 0 saturated heterocycles. The number of hydrogen-bond acceptors (Lipinski definition) is 2. The third kappa shape index (κ3) is 2.12. The van der Waals surface area contributed by atoms with Crippen LogP contribution in [0.4, 0.5) is 0 Å². The van der Waals surface area contributed by atoms with Crippen LogP contribution >= 0.6 is 0 Å². The minimum Gasteiger partial charge on any atom is -0.368 e. The quantitative estimate of drug-likeness (QED) is 0.743. The average Bonchev–Trinajstić information content (AvgIpc) is 2.99. The molecule has 0 spiro atoms. The van der Waals surface area contributed by atoms with E-state index in [1.807, 2.05) is 30.3 Å². The number of hydrogen-bond donors (Lipinski definition) is 2. The average molecular weight is 190 g/mol. The lowest BCUT2D eigenvalue weighted by molar-refractivity contribution is -0.120. The maximum Gasteiger partial charge on any atom is 0.239 e. The molecule has 0 radical (unpaired) electrons. The molecule has 1 unspecified atom stereocenters. The summed E-state index contributed by atoms with van der Waals surface area (Å²) in [7, 11) is 0. The molecule has 0 aromatic heterocycles. The lowest BCUT2D eigenvalue weighted by Gasteiger charge is -2.14. The molecule has 1 aromatic rings. The van der Waals surface area contributed by atoms with E-state index in [4.69, 9.17) is 5.73 Å². The van der Waals surface area contributed by atoms with Crippen molar-refractivity contribution in [3.63, 3.8) is 0 Å². The van der Waals surface area contributed by atoms with Crippen molar-refractivity contribution in [2.45, 2.75) is 24.9 Å². The monoisotopic (exact) mass is 190 g/mol. The van der Waals surface area contributed by atoms with Crippen LogP contribution in [0.3, 0.4) is 0 Å². The van der Waals surface area contributed by atoms with Crippen molar-refractivity contribution in [3.05, 3.63) is 35.9 Å². The number of primary amides is 1. The van der Waals surface area contributed by atoms with Gasteiger partial charge in [0.15, 0.2) is 0 Å². The van der Waals surface area contributed by atoms with Gasteiger partial charge in [-0.2, -0.15) is 0 Å². The Morgan fingerprint density at radius 1 is 1.36 bits per heavy atom. The third-order valence-electron chi connectivity index (χ3n) is 2.40. The van der Waals surface area contributed by atoms with Gasteiger partial charge in [-0.3, -0.25) is 10.1 Å². The fourth-order valence-electron chi connectivity index (χ4n) is 1.47. The van der Waals surface area contributed by atoms with Crippen LogP contribution < -0.4 is 11.1 Å². The zero-order valence-electron chi connectivity index (χ0n) is 7.94. The molecule has 1 aliphatic rings. The van der Waals surface area contributed by atoms with E-state index in [-0.39, 0.29) is 11.9 Å². The van der Waals surface area contributed by atoms with E-state index in [0.29, 0.717) is 6.04 Å². The largest absolute Gasteiger partial charge is 0.368 e. The summed E-state index contributed by atoms with van der Waals surface area (Å²) in [6.07, 6.45) is 2.30. The summed E-state index contributed by atoms with van der Waals surface area (Å²) >= 11 is 0. The van der Waals surface area contributed by atoms with E-state index in [9.17, 15) is 4.79 Å². The molecule has 2 rings (SSSR count). The van der Waals surface area contributed by atoms with Crippen LogP contribution in [0.5, 0.6) is 0 Å². The van der Waals surface area contributed by atoms with Crippen LogP contribution in [0, 0.1) is 0 Å². The smallest absolute Gasteiger partial charge is 0.239 e. The summed E-state index contributed by atoms with van der Waals surface area (Å²) in [6, 6.07) is 9.75. The van der Waals surface area contributed by atoms with E-state index >= 15 is 0 Å². The fourth-order valence-corrected chi connectivity index (χ4v) is 1.47. The van der Waals surface area contributed by atoms with Gasteiger partial charge in [-0.25, -0.2) is 0 Å².